The molecule has 0 aliphatic carbocycles. The molecule has 1 aliphatic rings. The molecule has 0 bridgehead atoms. The third kappa shape index (κ3) is 5.85. The third-order valence-electron chi connectivity index (χ3n) is 5.45. The molecule has 0 aromatic rings. The predicted molar refractivity (Wildman–Crippen MR) is 86.8 cm³/mol. The Bertz CT molecular complexity index is 281. The van der Waals surface area contributed by atoms with Crippen molar-refractivity contribution in [2.75, 3.05) is 13.1 Å². The molecule has 1 saturated heterocycles. The Morgan fingerprint density at radius 2 is 1.80 bits per heavy atom. The van der Waals surface area contributed by atoms with Gasteiger partial charge in [-0.25, -0.2) is 0 Å². The molecule has 1 rings (SSSR count). The van der Waals surface area contributed by atoms with Crippen LogP contribution < -0.4 is 0 Å². The van der Waals surface area contributed by atoms with Crippen molar-refractivity contribution in [1.82, 2.24) is 4.90 Å². The van der Waals surface area contributed by atoms with E-state index in [1.165, 1.54) is 57.8 Å². The van der Waals surface area contributed by atoms with Crippen LogP contribution >= 0.6 is 0 Å². The number of unbranched alkanes of at least 4 members (excludes halogenated alkanes) is 2. The monoisotopic (exact) mass is 281 g/mol. The minimum atomic E-state index is 0.251. The van der Waals surface area contributed by atoms with Crippen molar-refractivity contribution in [2.24, 2.45) is 11.3 Å². The molecule has 1 unspecified atom stereocenters. The van der Waals surface area contributed by atoms with E-state index in [0.29, 0.717) is 5.41 Å². The summed E-state index contributed by atoms with van der Waals surface area (Å²) >= 11 is 0. The summed E-state index contributed by atoms with van der Waals surface area (Å²) < 4.78 is 0. The molecule has 2 heteroatoms. The fourth-order valence-electron chi connectivity index (χ4n) is 3.37. The molecule has 0 radical (unpaired) electrons. The SMILES string of the molecule is CCCCCC(C)(CC)CCC1CCN(C(C)=O)CC1. The molecule has 1 amide bonds. The second-order valence-electron chi connectivity index (χ2n) is 7.11. The molecule has 0 aromatic heterocycles. The third-order valence-corrected chi connectivity index (χ3v) is 5.45. The Morgan fingerprint density at radius 1 is 1.15 bits per heavy atom. The Hall–Kier alpha value is -0.530. The van der Waals surface area contributed by atoms with Gasteiger partial charge in [0.2, 0.25) is 5.91 Å². The van der Waals surface area contributed by atoms with Crippen molar-refractivity contribution in [3.63, 3.8) is 0 Å². The second kappa shape index (κ2) is 8.69. The molecule has 0 spiro atoms. The zero-order valence-electron chi connectivity index (χ0n) is 14.2. The average molecular weight is 281 g/mol. The van der Waals surface area contributed by atoms with Gasteiger partial charge in [0.05, 0.1) is 0 Å². The summed E-state index contributed by atoms with van der Waals surface area (Å²) in [5.74, 6) is 1.10. The van der Waals surface area contributed by atoms with Gasteiger partial charge in [-0.15, -0.1) is 0 Å². The van der Waals surface area contributed by atoms with Crippen LogP contribution in [-0.4, -0.2) is 23.9 Å². The molecule has 1 heterocycles. The van der Waals surface area contributed by atoms with Crippen LogP contribution in [0.2, 0.25) is 0 Å². The van der Waals surface area contributed by atoms with Gasteiger partial charge in [0.1, 0.15) is 0 Å². The van der Waals surface area contributed by atoms with Crippen molar-refractivity contribution < 1.29 is 4.79 Å². The quantitative estimate of drug-likeness (QED) is 0.572. The highest BCUT2D eigenvalue weighted by Gasteiger charge is 2.25. The Morgan fingerprint density at radius 3 is 2.30 bits per heavy atom. The van der Waals surface area contributed by atoms with Gasteiger partial charge >= 0.3 is 0 Å². The van der Waals surface area contributed by atoms with E-state index in [9.17, 15) is 4.79 Å². The lowest BCUT2D eigenvalue weighted by Gasteiger charge is -2.34. The first-order valence-corrected chi connectivity index (χ1v) is 8.76. The average Bonchev–Trinajstić information content (AvgIpc) is 2.46. The minimum absolute atomic E-state index is 0.251. The highest BCUT2D eigenvalue weighted by molar-refractivity contribution is 5.73. The maximum absolute atomic E-state index is 11.3. The van der Waals surface area contributed by atoms with E-state index in [-0.39, 0.29) is 5.91 Å². The van der Waals surface area contributed by atoms with E-state index in [4.69, 9.17) is 0 Å². The number of hydrogen-bond donors (Lipinski definition) is 0. The van der Waals surface area contributed by atoms with E-state index in [1.54, 1.807) is 6.92 Å². The first-order valence-electron chi connectivity index (χ1n) is 8.76. The van der Waals surface area contributed by atoms with Gasteiger partial charge < -0.3 is 4.90 Å². The molecule has 0 aromatic carbocycles. The zero-order chi connectivity index (χ0) is 15.0. The fourth-order valence-corrected chi connectivity index (χ4v) is 3.37. The number of carbonyl (C=O) groups is 1. The summed E-state index contributed by atoms with van der Waals surface area (Å²) in [6, 6.07) is 0. The van der Waals surface area contributed by atoms with Crippen molar-refractivity contribution in [2.45, 2.75) is 85.5 Å². The van der Waals surface area contributed by atoms with Gasteiger partial charge in [-0.2, -0.15) is 0 Å². The molecule has 1 atom stereocenters. The molecule has 118 valence electrons. The summed E-state index contributed by atoms with van der Waals surface area (Å²) in [6.45, 7) is 10.8. The molecular weight excluding hydrogens is 246 g/mol. The van der Waals surface area contributed by atoms with E-state index < -0.39 is 0 Å². The lowest BCUT2D eigenvalue weighted by Crippen LogP contribution is -2.37. The minimum Gasteiger partial charge on any atom is -0.343 e. The maximum atomic E-state index is 11.3. The maximum Gasteiger partial charge on any atom is 0.219 e. The van der Waals surface area contributed by atoms with Crippen LogP contribution in [0.25, 0.3) is 0 Å². The number of nitrogens with zero attached hydrogens (tertiary/aromatic N) is 1. The molecule has 0 saturated carbocycles. The molecule has 0 N–H and O–H groups in total. The standard InChI is InChI=1S/C18H35NO/c1-5-7-8-12-18(4,6-2)13-9-17-10-14-19(15-11-17)16(3)20/h17H,5-15H2,1-4H3. The van der Waals surface area contributed by atoms with Crippen molar-refractivity contribution in [3.8, 4) is 0 Å². The van der Waals surface area contributed by atoms with Gasteiger partial charge in [0.25, 0.3) is 0 Å². The van der Waals surface area contributed by atoms with Crippen LogP contribution in [0.3, 0.4) is 0 Å². The first kappa shape index (κ1) is 17.5. The summed E-state index contributed by atoms with van der Waals surface area (Å²) in [5, 5.41) is 0. The fraction of sp³-hybridized carbons (Fsp3) is 0.944. The zero-order valence-corrected chi connectivity index (χ0v) is 14.2. The topological polar surface area (TPSA) is 20.3 Å². The number of rotatable bonds is 8. The van der Waals surface area contributed by atoms with Crippen LogP contribution in [0, 0.1) is 11.3 Å². The van der Waals surface area contributed by atoms with E-state index in [1.807, 2.05) is 4.90 Å². The summed E-state index contributed by atoms with van der Waals surface area (Å²) in [7, 11) is 0. The number of likely N-dealkylation sites (tertiary alicyclic amines) is 1. The highest BCUT2D eigenvalue weighted by atomic mass is 16.2. The van der Waals surface area contributed by atoms with Crippen LogP contribution in [0.1, 0.15) is 85.5 Å². The van der Waals surface area contributed by atoms with Gasteiger partial charge in [0, 0.05) is 20.0 Å². The Kier molecular flexibility index (Phi) is 7.61. The molecule has 1 fully saturated rings. The van der Waals surface area contributed by atoms with Crippen LogP contribution in [0.4, 0.5) is 0 Å². The first-order chi connectivity index (χ1) is 9.50. The van der Waals surface area contributed by atoms with Crippen molar-refractivity contribution >= 4 is 5.91 Å². The van der Waals surface area contributed by atoms with Gasteiger partial charge in [-0.1, -0.05) is 46.5 Å². The lowest BCUT2D eigenvalue weighted by molar-refractivity contribution is -0.130. The van der Waals surface area contributed by atoms with Crippen LogP contribution in [0.5, 0.6) is 0 Å². The normalized spacial score (nSPS) is 19.9. The van der Waals surface area contributed by atoms with E-state index in [0.717, 1.165) is 19.0 Å². The number of hydrogen-bond acceptors (Lipinski definition) is 1. The summed E-state index contributed by atoms with van der Waals surface area (Å²) in [5.41, 5.74) is 0.548. The highest BCUT2D eigenvalue weighted by Crippen LogP contribution is 2.36. The smallest absolute Gasteiger partial charge is 0.219 e. The van der Waals surface area contributed by atoms with Crippen LogP contribution in [-0.2, 0) is 4.79 Å². The Balaban J connectivity index is 2.28. The van der Waals surface area contributed by atoms with E-state index in [2.05, 4.69) is 20.8 Å². The number of carbonyl (C=O) groups excluding carboxylic acids is 1. The van der Waals surface area contributed by atoms with Gasteiger partial charge in [-0.05, 0) is 43.4 Å². The largest absolute Gasteiger partial charge is 0.343 e. The van der Waals surface area contributed by atoms with Crippen LogP contribution in [0.15, 0.2) is 0 Å². The lowest BCUT2D eigenvalue weighted by atomic mass is 9.75. The number of piperidine rings is 1. The predicted octanol–water partition coefficient (Wildman–Crippen LogP) is 5.02. The number of amides is 1. The van der Waals surface area contributed by atoms with Crippen molar-refractivity contribution in [3.05, 3.63) is 0 Å². The van der Waals surface area contributed by atoms with E-state index >= 15 is 0 Å². The Labute approximate surface area is 126 Å². The molecular formula is C18H35NO. The molecule has 1 aliphatic heterocycles. The summed E-state index contributed by atoms with van der Waals surface area (Å²) in [6.07, 6.45) is 12.0. The van der Waals surface area contributed by atoms with Gasteiger partial charge in [-0.3, -0.25) is 4.79 Å². The van der Waals surface area contributed by atoms with Crippen molar-refractivity contribution in [1.29, 1.82) is 0 Å². The second-order valence-corrected chi connectivity index (χ2v) is 7.11. The summed E-state index contributed by atoms with van der Waals surface area (Å²) in [4.78, 5) is 13.4. The van der Waals surface area contributed by atoms with Gasteiger partial charge in [0.15, 0.2) is 0 Å². The molecule has 20 heavy (non-hydrogen) atoms. The molecule has 2 nitrogen and oxygen atoms in total.